The summed E-state index contributed by atoms with van der Waals surface area (Å²) >= 11 is 5.02. The summed E-state index contributed by atoms with van der Waals surface area (Å²) in [7, 11) is 0. The molecule has 2 rings (SSSR count). The molecule has 1 aromatic carbocycles. The Morgan fingerprint density at radius 2 is 1.76 bits per heavy atom. The highest BCUT2D eigenvalue weighted by Crippen LogP contribution is 2.28. The van der Waals surface area contributed by atoms with Crippen LogP contribution >= 0.6 is 27.7 Å². The molecule has 2 nitrogen and oxygen atoms in total. The highest BCUT2D eigenvalue weighted by atomic mass is 79.9. The quantitative estimate of drug-likeness (QED) is 0.796. The lowest BCUT2D eigenvalue weighted by molar-refractivity contribution is 0.101. The Balaban J connectivity index is 2.13. The first-order valence-electron chi connectivity index (χ1n) is 5.05. The maximum absolute atomic E-state index is 11.1. The van der Waals surface area contributed by atoms with Crippen molar-refractivity contribution in [2.45, 2.75) is 16.7 Å². The summed E-state index contributed by atoms with van der Waals surface area (Å²) in [6, 6.07) is 11.7. The standard InChI is InChI=1S/C13H10BrNOS/c1-9(16)13-7-6-12(8-15-13)17-11-4-2-10(14)3-5-11/h2-8H,1H3. The molecule has 0 spiro atoms. The van der Waals surface area contributed by atoms with E-state index >= 15 is 0 Å². The van der Waals surface area contributed by atoms with E-state index in [1.54, 1.807) is 24.0 Å². The molecule has 0 unspecified atom stereocenters. The van der Waals surface area contributed by atoms with Gasteiger partial charge in [-0.2, -0.15) is 0 Å². The topological polar surface area (TPSA) is 30.0 Å². The Bertz CT molecular complexity index is 522. The van der Waals surface area contributed by atoms with Crippen LogP contribution in [0.3, 0.4) is 0 Å². The summed E-state index contributed by atoms with van der Waals surface area (Å²) in [4.78, 5) is 17.4. The van der Waals surface area contributed by atoms with Crippen molar-refractivity contribution in [2.24, 2.45) is 0 Å². The van der Waals surface area contributed by atoms with Gasteiger partial charge >= 0.3 is 0 Å². The number of carbonyl (C=O) groups is 1. The number of Topliss-reactive ketones (excluding diaryl/α,β-unsaturated/α-hetero) is 1. The minimum Gasteiger partial charge on any atom is -0.293 e. The number of pyridine rings is 1. The van der Waals surface area contributed by atoms with E-state index in [0.29, 0.717) is 5.69 Å². The Kier molecular flexibility index (Phi) is 3.97. The van der Waals surface area contributed by atoms with Crippen molar-refractivity contribution in [3.63, 3.8) is 0 Å². The van der Waals surface area contributed by atoms with Gasteiger partial charge in [-0.25, -0.2) is 0 Å². The molecule has 0 aliphatic heterocycles. The Morgan fingerprint density at radius 1 is 1.12 bits per heavy atom. The predicted octanol–water partition coefficient (Wildman–Crippen LogP) is 4.20. The Morgan fingerprint density at radius 3 is 2.29 bits per heavy atom. The van der Waals surface area contributed by atoms with E-state index in [1.165, 1.54) is 6.92 Å². The highest BCUT2D eigenvalue weighted by Gasteiger charge is 2.02. The molecule has 1 heterocycles. The van der Waals surface area contributed by atoms with E-state index in [4.69, 9.17) is 0 Å². The maximum Gasteiger partial charge on any atom is 0.178 e. The molecule has 17 heavy (non-hydrogen) atoms. The minimum atomic E-state index is -0.00908. The molecule has 0 radical (unpaired) electrons. The molecule has 0 aliphatic rings. The van der Waals surface area contributed by atoms with Crippen molar-refractivity contribution in [2.75, 3.05) is 0 Å². The smallest absolute Gasteiger partial charge is 0.178 e. The van der Waals surface area contributed by atoms with Crippen LogP contribution in [-0.2, 0) is 0 Å². The van der Waals surface area contributed by atoms with Gasteiger partial charge in [0.2, 0.25) is 0 Å². The summed E-state index contributed by atoms with van der Waals surface area (Å²) < 4.78 is 1.06. The zero-order chi connectivity index (χ0) is 12.3. The van der Waals surface area contributed by atoms with Gasteiger partial charge in [0.25, 0.3) is 0 Å². The van der Waals surface area contributed by atoms with Gasteiger partial charge in [-0.1, -0.05) is 27.7 Å². The maximum atomic E-state index is 11.1. The van der Waals surface area contributed by atoms with Gasteiger partial charge in [-0.15, -0.1) is 0 Å². The van der Waals surface area contributed by atoms with Crippen LogP contribution in [0.2, 0.25) is 0 Å². The second-order valence-electron chi connectivity index (χ2n) is 3.49. The third-order valence-corrected chi connectivity index (χ3v) is 3.66. The van der Waals surface area contributed by atoms with Crippen LogP contribution in [0.1, 0.15) is 17.4 Å². The van der Waals surface area contributed by atoms with E-state index < -0.39 is 0 Å². The van der Waals surface area contributed by atoms with Gasteiger partial charge in [0.1, 0.15) is 5.69 Å². The Labute approximate surface area is 113 Å². The van der Waals surface area contributed by atoms with Crippen LogP contribution in [0.25, 0.3) is 0 Å². The zero-order valence-electron chi connectivity index (χ0n) is 9.18. The number of hydrogen-bond donors (Lipinski definition) is 0. The van der Waals surface area contributed by atoms with Crippen LogP contribution in [0, 0.1) is 0 Å². The largest absolute Gasteiger partial charge is 0.293 e. The lowest BCUT2D eigenvalue weighted by atomic mass is 10.3. The fourth-order valence-electron chi connectivity index (χ4n) is 1.29. The van der Waals surface area contributed by atoms with Gasteiger partial charge in [0.05, 0.1) is 0 Å². The van der Waals surface area contributed by atoms with Crippen molar-refractivity contribution >= 4 is 33.5 Å². The van der Waals surface area contributed by atoms with Crippen LogP contribution in [-0.4, -0.2) is 10.8 Å². The summed E-state index contributed by atoms with van der Waals surface area (Å²) in [5.41, 5.74) is 0.505. The first-order valence-corrected chi connectivity index (χ1v) is 6.66. The van der Waals surface area contributed by atoms with Gasteiger partial charge in [-0.3, -0.25) is 9.78 Å². The van der Waals surface area contributed by atoms with Crippen LogP contribution in [0.4, 0.5) is 0 Å². The Hall–Kier alpha value is -1.13. The molecule has 0 aliphatic carbocycles. The molecule has 1 aromatic heterocycles. The van der Waals surface area contributed by atoms with E-state index in [2.05, 4.69) is 20.9 Å². The third kappa shape index (κ3) is 3.41. The first kappa shape index (κ1) is 12.3. The summed E-state index contributed by atoms with van der Waals surface area (Å²) in [5.74, 6) is -0.00908. The second kappa shape index (κ2) is 5.47. The lowest BCUT2D eigenvalue weighted by Crippen LogP contribution is -1.95. The van der Waals surface area contributed by atoms with Gasteiger partial charge in [-0.05, 0) is 36.4 Å². The van der Waals surface area contributed by atoms with Crippen molar-refractivity contribution < 1.29 is 4.79 Å². The molecule has 0 amide bonds. The first-order chi connectivity index (χ1) is 8.15. The molecule has 0 N–H and O–H groups in total. The number of carbonyl (C=O) groups excluding carboxylic acids is 1. The average molecular weight is 308 g/mol. The number of halogens is 1. The van der Waals surface area contributed by atoms with Gasteiger partial charge in [0.15, 0.2) is 5.78 Å². The predicted molar refractivity (Wildman–Crippen MR) is 72.5 cm³/mol. The van der Waals surface area contributed by atoms with Crippen molar-refractivity contribution in [3.05, 3.63) is 52.8 Å². The zero-order valence-corrected chi connectivity index (χ0v) is 11.6. The minimum absolute atomic E-state index is 0.00908. The van der Waals surface area contributed by atoms with Crippen molar-refractivity contribution in [1.29, 1.82) is 0 Å². The van der Waals surface area contributed by atoms with Gasteiger partial charge in [0, 0.05) is 27.4 Å². The number of hydrogen-bond acceptors (Lipinski definition) is 3. The SMILES string of the molecule is CC(=O)c1ccc(Sc2ccc(Br)cc2)cn1. The van der Waals surface area contributed by atoms with Crippen LogP contribution < -0.4 is 0 Å². The summed E-state index contributed by atoms with van der Waals surface area (Å²) in [5, 5.41) is 0. The molecular weight excluding hydrogens is 298 g/mol. The van der Waals surface area contributed by atoms with Crippen molar-refractivity contribution in [3.8, 4) is 0 Å². The molecule has 0 saturated carbocycles. The van der Waals surface area contributed by atoms with Crippen molar-refractivity contribution in [1.82, 2.24) is 4.98 Å². The number of ketones is 1. The van der Waals surface area contributed by atoms with E-state index in [9.17, 15) is 4.79 Å². The third-order valence-electron chi connectivity index (χ3n) is 2.15. The molecule has 0 bridgehead atoms. The monoisotopic (exact) mass is 307 g/mol. The average Bonchev–Trinajstić information content (AvgIpc) is 2.33. The van der Waals surface area contributed by atoms with E-state index in [1.807, 2.05) is 30.3 Å². The molecule has 2 aromatic rings. The second-order valence-corrected chi connectivity index (χ2v) is 5.55. The number of nitrogens with zero attached hydrogens (tertiary/aromatic N) is 1. The lowest BCUT2D eigenvalue weighted by Gasteiger charge is -2.02. The van der Waals surface area contributed by atoms with E-state index in [-0.39, 0.29) is 5.78 Å². The molecule has 0 atom stereocenters. The molecular formula is C13H10BrNOS. The molecule has 0 saturated heterocycles. The fraction of sp³-hybridized carbons (Fsp3) is 0.0769. The van der Waals surface area contributed by atoms with E-state index in [0.717, 1.165) is 14.3 Å². The van der Waals surface area contributed by atoms with Crippen LogP contribution in [0.5, 0.6) is 0 Å². The number of benzene rings is 1. The summed E-state index contributed by atoms with van der Waals surface area (Å²) in [6.45, 7) is 1.52. The normalized spacial score (nSPS) is 10.2. The number of aromatic nitrogens is 1. The molecule has 86 valence electrons. The van der Waals surface area contributed by atoms with Gasteiger partial charge < -0.3 is 0 Å². The highest BCUT2D eigenvalue weighted by molar-refractivity contribution is 9.10. The molecule has 0 fully saturated rings. The fourth-order valence-corrected chi connectivity index (χ4v) is 2.34. The summed E-state index contributed by atoms with van der Waals surface area (Å²) in [6.07, 6.45) is 1.73. The number of rotatable bonds is 3. The van der Waals surface area contributed by atoms with Crippen LogP contribution in [0.15, 0.2) is 56.9 Å². The molecule has 4 heteroatoms.